The standard InChI is InChI=1S/C16H10N2S/c17-10-12(9-13-5-3-4-8-18-13)15-11-19-16-7-2-1-6-14(15)16/h1-9,11H. The van der Waals surface area contributed by atoms with Crippen molar-refractivity contribution in [2.45, 2.75) is 0 Å². The number of nitriles is 1. The largest absolute Gasteiger partial charge is 0.257 e. The number of hydrogen-bond acceptors (Lipinski definition) is 3. The summed E-state index contributed by atoms with van der Waals surface area (Å²) >= 11 is 1.66. The van der Waals surface area contributed by atoms with E-state index < -0.39 is 0 Å². The van der Waals surface area contributed by atoms with E-state index in [0.717, 1.165) is 16.6 Å². The summed E-state index contributed by atoms with van der Waals surface area (Å²) in [6, 6.07) is 16.1. The Morgan fingerprint density at radius 1 is 1.16 bits per heavy atom. The zero-order valence-corrected chi connectivity index (χ0v) is 10.9. The fraction of sp³-hybridized carbons (Fsp3) is 0. The van der Waals surface area contributed by atoms with E-state index in [1.54, 1.807) is 17.5 Å². The Kier molecular flexibility index (Phi) is 3.09. The number of aromatic nitrogens is 1. The van der Waals surface area contributed by atoms with Gasteiger partial charge in [-0.1, -0.05) is 24.3 Å². The van der Waals surface area contributed by atoms with Crippen molar-refractivity contribution < 1.29 is 0 Å². The minimum Gasteiger partial charge on any atom is -0.257 e. The van der Waals surface area contributed by atoms with Crippen LogP contribution in [0.2, 0.25) is 0 Å². The normalized spacial score (nSPS) is 11.4. The Balaban J connectivity index is 2.14. The van der Waals surface area contributed by atoms with Crippen LogP contribution < -0.4 is 0 Å². The van der Waals surface area contributed by atoms with Gasteiger partial charge in [-0.2, -0.15) is 5.26 Å². The van der Waals surface area contributed by atoms with Gasteiger partial charge >= 0.3 is 0 Å². The quantitative estimate of drug-likeness (QED) is 0.643. The average Bonchev–Trinajstić information content (AvgIpc) is 2.90. The molecule has 2 nitrogen and oxygen atoms in total. The number of nitrogens with zero attached hydrogens (tertiary/aromatic N) is 2. The van der Waals surface area contributed by atoms with Gasteiger partial charge in [-0.15, -0.1) is 11.3 Å². The maximum absolute atomic E-state index is 9.38. The van der Waals surface area contributed by atoms with Gasteiger partial charge in [-0.3, -0.25) is 4.98 Å². The molecule has 0 atom stereocenters. The molecule has 2 aromatic heterocycles. The van der Waals surface area contributed by atoms with Crippen LogP contribution in [0, 0.1) is 11.3 Å². The maximum atomic E-state index is 9.38. The molecule has 90 valence electrons. The molecule has 0 fully saturated rings. The molecule has 0 saturated heterocycles. The maximum Gasteiger partial charge on any atom is 0.0999 e. The summed E-state index contributed by atoms with van der Waals surface area (Å²) in [7, 11) is 0. The average molecular weight is 262 g/mol. The Morgan fingerprint density at radius 2 is 2.00 bits per heavy atom. The molecule has 0 aliphatic heterocycles. The van der Waals surface area contributed by atoms with E-state index in [-0.39, 0.29) is 0 Å². The van der Waals surface area contributed by atoms with Crippen molar-refractivity contribution in [3.05, 3.63) is 65.3 Å². The van der Waals surface area contributed by atoms with Crippen molar-refractivity contribution >= 4 is 33.1 Å². The Morgan fingerprint density at radius 3 is 2.79 bits per heavy atom. The van der Waals surface area contributed by atoms with Crippen molar-refractivity contribution in [2.75, 3.05) is 0 Å². The highest BCUT2D eigenvalue weighted by Gasteiger charge is 2.08. The topological polar surface area (TPSA) is 36.7 Å². The van der Waals surface area contributed by atoms with E-state index in [0.29, 0.717) is 5.57 Å². The predicted molar refractivity (Wildman–Crippen MR) is 79.5 cm³/mol. The second kappa shape index (κ2) is 5.05. The van der Waals surface area contributed by atoms with Crippen LogP contribution in [-0.4, -0.2) is 4.98 Å². The molecule has 0 radical (unpaired) electrons. The number of rotatable bonds is 2. The van der Waals surface area contributed by atoms with E-state index in [1.165, 1.54) is 4.70 Å². The van der Waals surface area contributed by atoms with E-state index in [2.05, 4.69) is 17.1 Å². The van der Waals surface area contributed by atoms with Crippen LogP contribution >= 0.6 is 11.3 Å². The first-order valence-corrected chi connectivity index (χ1v) is 6.76. The minimum atomic E-state index is 0.649. The number of allylic oxidation sites excluding steroid dienone is 1. The highest BCUT2D eigenvalue weighted by Crippen LogP contribution is 2.31. The van der Waals surface area contributed by atoms with Gasteiger partial charge in [0.05, 0.1) is 17.3 Å². The molecular weight excluding hydrogens is 252 g/mol. The monoisotopic (exact) mass is 262 g/mol. The van der Waals surface area contributed by atoms with Crippen molar-refractivity contribution in [1.82, 2.24) is 4.98 Å². The number of pyridine rings is 1. The number of thiophene rings is 1. The summed E-state index contributed by atoms with van der Waals surface area (Å²) in [5.41, 5.74) is 2.43. The van der Waals surface area contributed by atoms with Gasteiger partial charge in [0.1, 0.15) is 0 Å². The molecular formula is C16H10N2S. The molecule has 19 heavy (non-hydrogen) atoms. The minimum absolute atomic E-state index is 0.649. The van der Waals surface area contributed by atoms with Crippen LogP contribution in [-0.2, 0) is 0 Å². The third-order valence-electron chi connectivity index (χ3n) is 2.87. The van der Waals surface area contributed by atoms with Crippen molar-refractivity contribution in [2.24, 2.45) is 0 Å². The predicted octanol–water partition coefficient (Wildman–Crippen LogP) is 4.36. The molecule has 0 unspecified atom stereocenters. The van der Waals surface area contributed by atoms with E-state index >= 15 is 0 Å². The molecule has 3 heteroatoms. The lowest BCUT2D eigenvalue weighted by atomic mass is 10.0. The van der Waals surface area contributed by atoms with Crippen LogP contribution in [0.3, 0.4) is 0 Å². The lowest BCUT2D eigenvalue weighted by Gasteiger charge is -1.97. The van der Waals surface area contributed by atoms with Crippen LogP contribution in [0.15, 0.2) is 54.0 Å². The third kappa shape index (κ3) is 2.26. The summed E-state index contributed by atoms with van der Waals surface area (Å²) in [5, 5.41) is 12.5. The van der Waals surface area contributed by atoms with Gasteiger partial charge in [0.15, 0.2) is 0 Å². The Bertz CT molecular complexity index is 779. The van der Waals surface area contributed by atoms with E-state index in [9.17, 15) is 5.26 Å². The number of hydrogen-bond donors (Lipinski definition) is 0. The zero-order valence-electron chi connectivity index (χ0n) is 10.1. The molecule has 0 bridgehead atoms. The van der Waals surface area contributed by atoms with Gasteiger partial charge in [0, 0.05) is 27.2 Å². The molecule has 0 saturated carbocycles. The Hall–Kier alpha value is -2.44. The summed E-state index contributed by atoms with van der Waals surface area (Å²) < 4.78 is 1.19. The van der Waals surface area contributed by atoms with Gasteiger partial charge < -0.3 is 0 Å². The van der Waals surface area contributed by atoms with Gasteiger partial charge in [-0.25, -0.2) is 0 Å². The smallest absolute Gasteiger partial charge is 0.0999 e. The van der Waals surface area contributed by atoms with Crippen LogP contribution in [0.1, 0.15) is 11.3 Å². The molecule has 0 amide bonds. The summed E-state index contributed by atoms with van der Waals surface area (Å²) in [6.45, 7) is 0. The fourth-order valence-electron chi connectivity index (χ4n) is 1.97. The van der Waals surface area contributed by atoms with Crippen molar-refractivity contribution in [1.29, 1.82) is 5.26 Å². The molecule has 3 rings (SSSR count). The number of benzene rings is 1. The van der Waals surface area contributed by atoms with Crippen LogP contribution in [0.5, 0.6) is 0 Å². The summed E-state index contributed by atoms with van der Waals surface area (Å²) in [4.78, 5) is 4.23. The molecule has 0 aliphatic rings. The van der Waals surface area contributed by atoms with Crippen LogP contribution in [0.25, 0.3) is 21.7 Å². The first-order valence-electron chi connectivity index (χ1n) is 5.88. The van der Waals surface area contributed by atoms with Gasteiger partial charge in [0.2, 0.25) is 0 Å². The first kappa shape index (κ1) is 11.6. The lowest BCUT2D eigenvalue weighted by Crippen LogP contribution is -1.82. The van der Waals surface area contributed by atoms with Gasteiger partial charge in [-0.05, 0) is 24.3 Å². The summed E-state index contributed by atoms with van der Waals surface area (Å²) in [5.74, 6) is 0. The van der Waals surface area contributed by atoms with Crippen molar-refractivity contribution in [3.63, 3.8) is 0 Å². The molecule has 3 aromatic rings. The highest BCUT2D eigenvalue weighted by atomic mass is 32.1. The first-order chi connectivity index (χ1) is 9.38. The highest BCUT2D eigenvalue weighted by molar-refractivity contribution is 7.17. The number of fused-ring (bicyclic) bond motifs is 1. The molecule has 0 spiro atoms. The molecule has 0 N–H and O–H groups in total. The second-order valence-corrected chi connectivity index (χ2v) is 4.98. The molecule has 2 heterocycles. The second-order valence-electron chi connectivity index (χ2n) is 4.07. The zero-order chi connectivity index (χ0) is 13.1. The Labute approximate surface area is 115 Å². The van der Waals surface area contributed by atoms with Crippen LogP contribution in [0.4, 0.5) is 0 Å². The fourth-order valence-corrected chi connectivity index (χ4v) is 2.93. The van der Waals surface area contributed by atoms with E-state index in [1.807, 2.05) is 47.9 Å². The van der Waals surface area contributed by atoms with E-state index in [4.69, 9.17) is 0 Å². The third-order valence-corrected chi connectivity index (χ3v) is 3.84. The van der Waals surface area contributed by atoms with Gasteiger partial charge in [0.25, 0.3) is 0 Å². The van der Waals surface area contributed by atoms with Crippen molar-refractivity contribution in [3.8, 4) is 6.07 Å². The lowest BCUT2D eigenvalue weighted by molar-refractivity contribution is 1.30. The molecule has 0 aliphatic carbocycles. The molecule has 1 aromatic carbocycles. The summed E-state index contributed by atoms with van der Waals surface area (Å²) in [6.07, 6.45) is 3.56. The SMILES string of the molecule is N#CC(=Cc1ccccn1)c1csc2ccccc12.